The molecule has 1 amide bonds. The highest BCUT2D eigenvalue weighted by atomic mass is 19.4. The number of rotatable bonds is 6. The number of nitrogens with one attached hydrogen (secondary N) is 3. The molecule has 3 unspecified atom stereocenters. The van der Waals surface area contributed by atoms with Gasteiger partial charge in [0.25, 0.3) is 5.91 Å². The van der Waals surface area contributed by atoms with E-state index in [0.29, 0.717) is 6.54 Å². The van der Waals surface area contributed by atoms with E-state index in [-0.39, 0.29) is 23.8 Å². The van der Waals surface area contributed by atoms with Crippen LogP contribution in [0.25, 0.3) is 0 Å². The number of halogens is 3. The van der Waals surface area contributed by atoms with E-state index in [4.69, 9.17) is 0 Å². The highest BCUT2D eigenvalue weighted by molar-refractivity contribution is 5.99. The van der Waals surface area contributed by atoms with Crippen molar-refractivity contribution in [2.75, 3.05) is 11.9 Å². The summed E-state index contributed by atoms with van der Waals surface area (Å²) in [5.74, 6) is -0.371. The highest BCUT2D eigenvalue weighted by Crippen LogP contribution is 2.44. The van der Waals surface area contributed by atoms with Crippen LogP contribution in [-0.4, -0.2) is 33.9 Å². The Morgan fingerprint density at radius 3 is 2.59 bits per heavy atom. The van der Waals surface area contributed by atoms with Gasteiger partial charge >= 0.3 is 6.18 Å². The normalized spacial score (nSPS) is 21.5. The molecule has 0 saturated carbocycles. The van der Waals surface area contributed by atoms with Crippen LogP contribution >= 0.6 is 0 Å². The summed E-state index contributed by atoms with van der Waals surface area (Å²) >= 11 is 0. The lowest BCUT2D eigenvalue weighted by Gasteiger charge is -2.34. The molecule has 0 fully saturated rings. The van der Waals surface area contributed by atoms with E-state index >= 15 is 0 Å². The van der Waals surface area contributed by atoms with Gasteiger partial charge < -0.3 is 16.0 Å². The molecule has 37 heavy (non-hydrogen) atoms. The lowest BCUT2D eigenvalue weighted by molar-refractivity contribution is -0.173. The number of anilines is 1. The Labute approximate surface area is 214 Å². The van der Waals surface area contributed by atoms with Crippen molar-refractivity contribution in [3.05, 3.63) is 83.0 Å². The molecule has 2 aliphatic rings. The molecule has 0 radical (unpaired) electrons. The number of nitrogens with zero attached hydrogens (tertiary/aromatic N) is 2. The second kappa shape index (κ2) is 9.85. The number of aryl methyl sites for hydroxylation is 1. The molecule has 3 aromatic rings. The molecule has 3 N–H and O–H groups in total. The fraction of sp³-hybridized carbons (Fsp3) is 0.429. The Balaban J connectivity index is 1.33. The number of alkyl halides is 3. The Bertz CT molecular complexity index is 1250. The summed E-state index contributed by atoms with van der Waals surface area (Å²) in [7, 11) is 0. The smallest absolute Gasteiger partial charge is 0.363 e. The van der Waals surface area contributed by atoms with Gasteiger partial charge in [-0.25, -0.2) is 4.68 Å². The van der Waals surface area contributed by atoms with Gasteiger partial charge in [0.2, 0.25) is 0 Å². The van der Waals surface area contributed by atoms with Crippen molar-refractivity contribution in [3.8, 4) is 0 Å². The quantitative estimate of drug-likeness (QED) is 0.396. The van der Waals surface area contributed by atoms with Gasteiger partial charge in [0, 0.05) is 24.5 Å². The average Bonchev–Trinajstić information content (AvgIpc) is 3.31. The number of benzene rings is 2. The van der Waals surface area contributed by atoms with Crippen molar-refractivity contribution >= 4 is 11.7 Å². The van der Waals surface area contributed by atoms with Crippen molar-refractivity contribution < 1.29 is 18.0 Å². The number of amides is 1. The van der Waals surface area contributed by atoms with E-state index in [1.54, 1.807) is 24.3 Å². The molecule has 6 nitrogen and oxygen atoms in total. The summed E-state index contributed by atoms with van der Waals surface area (Å²) in [6.07, 6.45) is -0.299. The lowest BCUT2D eigenvalue weighted by Crippen LogP contribution is -2.51. The van der Waals surface area contributed by atoms with Gasteiger partial charge in [-0.3, -0.25) is 4.79 Å². The summed E-state index contributed by atoms with van der Waals surface area (Å²) in [5.41, 5.74) is 2.82. The number of aromatic nitrogens is 2. The summed E-state index contributed by atoms with van der Waals surface area (Å²) in [5, 5.41) is 13.7. The maximum Gasteiger partial charge on any atom is 0.410 e. The minimum atomic E-state index is -4.50. The van der Waals surface area contributed by atoms with Gasteiger partial charge in [-0.15, -0.1) is 0 Å². The molecule has 0 spiro atoms. The molecule has 196 valence electrons. The third kappa shape index (κ3) is 5.37. The molecule has 3 atom stereocenters. The van der Waals surface area contributed by atoms with Gasteiger partial charge in [0.05, 0.1) is 12.2 Å². The molecule has 1 aromatic heterocycles. The molecule has 9 heteroatoms. The summed E-state index contributed by atoms with van der Waals surface area (Å²) in [4.78, 5) is 13.3. The molecule has 0 bridgehead atoms. The van der Waals surface area contributed by atoms with Crippen LogP contribution in [0.15, 0.2) is 60.8 Å². The van der Waals surface area contributed by atoms with E-state index in [1.807, 2.05) is 26.0 Å². The van der Waals surface area contributed by atoms with Crippen LogP contribution in [0.3, 0.4) is 0 Å². The largest absolute Gasteiger partial charge is 0.410 e. The third-order valence-corrected chi connectivity index (χ3v) is 7.30. The maximum atomic E-state index is 14.0. The molecular formula is C28H32F3N5O. The number of fused-ring (bicyclic) bond motifs is 2. The van der Waals surface area contributed by atoms with Crippen molar-refractivity contribution in [1.82, 2.24) is 20.4 Å². The van der Waals surface area contributed by atoms with Gasteiger partial charge in [-0.1, -0.05) is 54.6 Å². The number of carbonyl (C=O) groups is 1. The van der Waals surface area contributed by atoms with Crippen LogP contribution in [-0.2, 0) is 6.42 Å². The first-order chi connectivity index (χ1) is 17.6. The van der Waals surface area contributed by atoms with E-state index in [2.05, 4.69) is 39.2 Å². The molecule has 1 aliphatic heterocycles. The standard InChI is InChI=1S/C28H32F3N5O/c1-27(2,17-32-22-14-8-12-18-9-6-7-13-20(18)22)35-26(37)21-16-33-36-24(28(29,30)31)15-23(34-25(21)36)19-10-4-3-5-11-19/h3-7,9-11,13,16,22-24,32,34H,8,12,14-15,17H2,1-2H3,(H,35,37). The second-order valence-corrected chi connectivity index (χ2v) is 10.6. The van der Waals surface area contributed by atoms with Crippen molar-refractivity contribution in [3.63, 3.8) is 0 Å². The lowest BCUT2D eigenvalue weighted by atomic mass is 9.87. The van der Waals surface area contributed by atoms with E-state index in [9.17, 15) is 18.0 Å². The first kappa shape index (κ1) is 25.3. The van der Waals surface area contributed by atoms with Crippen LogP contribution in [0.5, 0.6) is 0 Å². The Morgan fingerprint density at radius 2 is 1.84 bits per heavy atom. The monoisotopic (exact) mass is 511 g/mol. The zero-order valence-corrected chi connectivity index (χ0v) is 21.0. The van der Waals surface area contributed by atoms with Gasteiger partial charge in [0.15, 0.2) is 6.04 Å². The fourth-order valence-electron chi connectivity index (χ4n) is 5.40. The summed E-state index contributed by atoms with van der Waals surface area (Å²) < 4.78 is 42.8. The van der Waals surface area contributed by atoms with Crippen LogP contribution in [0.4, 0.5) is 19.0 Å². The number of hydrogen-bond donors (Lipinski definition) is 3. The van der Waals surface area contributed by atoms with E-state index in [0.717, 1.165) is 29.5 Å². The van der Waals surface area contributed by atoms with Crippen LogP contribution in [0.2, 0.25) is 0 Å². The molecular weight excluding hydrogens is 479 g/mol. The maximum absolute atomic E-state index is 14.0. The Morgan fingerprint density at radius 1 is 1.11 bits per heavy atom. The SMILES string of the molecule is CC(C)(CNC1CCCc2ccccc21)NC(=O)c1cnn2c1NC(c1ccccc1)CC2C(F)(F)F. The molecule has 2 aromatic carbocycles. The predicted octanol–water partition coefficient (Wildman–Crippen LogP) is 5.72. The van der Waals surface area contributed by atoms with E-state index in [1.165, 1.54) is 17.3 Å². The Kier molecular flexibility index (Phi) is 6.74. The molecule has 5 rings (SSSR count). The van der Waals surface area contributed by atoms with E-state index < -0.39 is 29.7 Å². The third-order valence-electron chi connectivity index (χ3n) is 7.30. The predicted molar refractivity (Wildman–Crippen MR) is 136 cm³/mol. The van der Waals surface area contributed by atoms with Crippen molar-refractivity contribution in [2.24, 2.45) is 0 Å². The summed E-state index contributed by atoms with van der Waals surface area (Å²) in [6.45, 7) is 4.31. The average molecular weight is 512 g/mol. The van der Waals surface area contributed by atoms with Crippen molar-refractivity contribution in [2.45, 2.75) is 69.4 Å². The van der Waals surface area contributed by atoms with Gasteiger partial charge in [-0.2, -0.15) is 18.3 Å². The minimum Gasteiger partial charge on any atom is -0.363 e. The topological polar surface area (TPSA) is 71.0 Å². The highest BCUT2D eigenvalue weighted by Gasteiger charge is 2.47. The van der Waals surface area contributed by atoms with Crippen LogP contribution < -0.4 is 16.0 Å². The first-order valence-electron chi connectivity index (χ1n) is 12.7. The van der Waals surface area contributed by atoms with Crippen LogP contribution in [0.1, 0.15) is 78.3 Å². The second-order valence-electron chi connectivity index (χ2n) is 10.6. The molecule has 0 saturated heterocycles. The summed E-state index contributed by atoms with van der Waals surface area (Å²) in [6, 6.07) is 15.1. The first-order valence-corrected chi connectivity index (χ1v) is 12.7. The minimum absolute atomic E-state index is 0.0879. The van der Waals surface area contributed by atoms with Crippen LogP contribution in [0, 0.1) is 0 Å². The number of carbonyl (C=O) groups excluding carboxylic acids is 1. The van der Waals surface area contributed by atoms with Crippen molar-refractivity contribution in [1.29, 1.82) is 0 Å². The zero-order chi connectivity index (χ0) is 26.2. The van der Waals surface area contributed by atoms with Gasteiger partial charge in [-0.05, 0) is 49.8 Å². The number of hydrogen-bond acceptors (Lipinski definition) is 4. The fourth-order valence-corrected chi connectivity index (χ4v) is 5.40. The molecule has 1 aliphatic carbocycles. The van der Waals surface area contributed by atoms with Gasteiger partial charge in [0.1, 0.15) is 11.4 Å². The Hall–Kier alpha value is -3.33. The molecule has 2 heterocycles. The zero-order valence-electron chi connectivity index (χ0n) is 21.0.